The summed E-state index contributed by atoms with van der Waals surface area (Å²) in [6.07, 6.45) is 8.05. The Bertz CT molecular complexity index is 1190. The van der Waals surface area contributed by atoms with Crippen LogP contribution in [0.1, 0.15) is 77.3 Å². The lowest BCUT2D eigenvalue weighted by molar-refractivity contribution is -0.172. The van der Waals surface area contributed by atoms with Gasteiger partial charge in [-0.15, -0.1) is 0 Å². The van der Waals surface area contributed by atoms with E-state index < -0.39 is 17.4 Å². The fraction of sp³-hybridized carbons (Fsp3) is 0.576. The number of nitrogens with zero attached hydrogens (tertiary/aromatic N) is 1. The summed E-state index contributed by atoms with van der Waals surface area (Å²) in [6.45, 7) is 16.4. The number of esters is 2. The van der Waals surface area contributed by atoms with E-state index in [0.717, 1.165) is 51.7 Å². The quantitative estimate of drug-likeness (QED) is 0.229. The molecule has 0 saturated heterocycles. The summed E-state index contributed by atoms with van der Waals surface area (Å²) >= 11 is 0. The highest BCUT2D eigenvalue weighted by atomic mass is 16.6. The molecule has 2 atom stereocenters. The Balaban J connectivity index is 1.33. The van der Waals surface area contributed by atoms with Crippen molar-refractivity contribution in [3.8, 4) is 0 Å². The summed E-state index contributed by atoms with van der Waals surface area (Å²) in [7, 11) is 0. The number of carbonyl (C=O) groups excluding carboxylic acids is 2. The summed E-state index contributed by atoms with van der Waals surface area (Å²) in [4.78, 5) is 28.8. The largest absolute Gasteiger partial charge is 0.465 e. The molecule has 0 amide bonds. The molecule has 5 nitrogen and oxygen atoms in total. The Morgan fingerprint density at radius 1 is 1.00 bits per heavy atom. The van der Waals surface area contributed by atoms with Gasteiger partial charge in [0, 0.05) is 19.6 Å². The molecule has 0 unspecified atom stereocenters. The van der Waals surface area contributed by atoms with Gasteiger partial charge in [0.25, 0.3) is 0 Å². The first kappa shape index (κ1) is 26.9. The van der Waals surface area contributed by atoms with E-state index >= 15 is 0 Å². The molecule has 5 heteroatoms. The van der Waals surface area contributed by atoms with Gasteiger partial charge in [0.1, 0.15) is 0 Å². The monoisotopic (exact) mass is 517 g/mol. The maximum atomic E-state index is 13.1. The second-order valence-electron chi connectivity index (χ2n) is 12.6. The molecule has 0 radical (unpaired) electrons. The Kier molecular flexibility index (Phi) is 7.19. The van der Waals surface area contributed by atoms with Gasteiger partial charge in [-0.1, -0.05) is 61.9 Å². The van der Waals surface area contributed by atoms with Gasteiger partial charge in [0.05, 0.1) is 13.2 Å². The zero-order valence-corrected chi connectivity index (χ0v) is 23.7. The molecule has 4 aliphatic rings. The molecule has 1 saturated carbocycles. The first-order chi connectivity index (χ1) is 18.1. The SMILES string of the molecule is C=C(CN1CCc2ccccc2C1)C[C@]1(C)CC2=C3CC(C(=O)OCC)(C(=O)OCC)CC=C3C[C@@]2(C)C1. The van der Waals surface area contributed by atoms with E-state index in [1.807, 2.05) is 0 Å². The molecule has 1 heterocycles. The van der Waals surface area contributed by atoms with Gasteiger partial charge in [-0.25, -0.2) is 0 Å². The Morgan fingerprint density at radius 3 is 2.37 bits per heavy atom. The smallest absolute Gasteiger partial charge is 0.324 e. The van der Waals surface area contributed by atoms with Crippen molar-refractivity contribution < 1.29 is 19.1 Å². The molecule has 1 aromatic rings. The van der Waals surface area contributed by atoms with Crippen LogP contribution in [-0.4, -0.2) is 43.1 Å². The molecule has 38 heavy (non-hydrogen) atoms. The standard InChI is InChI=1S/C33H43NO4/c1-6-37-29(35)33(30(36)38-7-2)14-12-25-17-32(5)22-31(4,19-28(32)27(25)18-33)16-23(3)20-34-15-13-24-10-8-9-11-26(24)21-34/h8-12H,3,6-7,13-22H2,1-2,4-5H3/t31-,32+/m1/s1. The second-order valence-corrected chi connectivity index (χ2v) is 12.6. The molecule has 5 rings (SSSR count). The van der Waals surface area contributed by atoms with Gasteiger partial charge in [-0.2, -0.15) is 0 Å². The fourth-order valence-corrected chi connectivity index (χ4v) is 7.92. The van der Waals surface area contributed by atoms with Crippen molar-refractivity contribution >= 4 is 11.9 Å². The second kappa shape index (κ2) is 10.1. The molecule has 0 aromatic heterocycles. The molecule has 0 N–H and O–H groups in total. The zero-order valence-electron chi connectivity index (χ0n) is 23.7. The van der Waals surface area contributed by atoms with Gasteiger partial charge < -0.3 is 9.47 Å². The van der Waals surface area contributed by atoms with Crippen LogP contribution < -0.4 is 0 Å². The van der Waals surface area contributed by atoms with E-state index in [9.17, 15) is 9.59 Å². The minimum atomic E-state index is -1.27. The fourth-order valence-electron chi connectivity index (χ4n) is 7.92. The molecule has 3 aliphatic carbocycles. The Morgan fingerprint density at radius 2 is 1.68 bits per heavy atom. The number of ether oxygens (including phenoxy) is 2. The highest BCUT2D eigenvalue weighted by molar-refractivity contribution is 6.01. The average molecular weight is 518 g/mol. The number of hydrogen-bond donors (Lipinski definition) is 0. The first-order valence-electron chi connectivity index (χ1n) is 14.3. The Labute approximate surface area is 228 Å². The van der Waals surface area contributed by atoms with Crippen LogP contribution in [-0.2, 0) is 32.0 Å². The van der Waals surface area contributed by atoms with Crippen LogP contribution >= 0.6 is 0 Å². The number of allylic oxidation sites excluding steroid dienone is 4. The molecular weight excluding hydrogens is 474 g/mol. The average Bonchev–Trinajstić information content (AvgIpc) is 3.28. The van der Waals surface area contributed by atoms with Gasteiger partial charge in [-0.05, 0) is 91.9 Å². The summed E-state index contributed by atoms with van der Waals surface area (Å²) < 4.78 is 10.8. The highest BCUT2D eigenvalue weighted by Gasteiger charge is 2.57. The van der Waals surface area contributed by atoms with Crippen molar-refractivity contribution in [1.82, 2.24) is 4.90 Å². The molecule has 0 bridgehead atoms. The normalized spacial score (nSPS) is 27.7. The number of rotatable bonds is 8. The zero-order chi connectivity index (χ0) is 27.1. The number of carbonyl (C=O) groups is 2. The highest BCUT2D eigenvalue weighted by Crippen LogP contribution is 2.65. The summed E-state index contributed by atoms with van der Waals surface area (Å²) in [6, 6.07) is 8.78. The maximum absolute atomic E-state index is 13.1. The minimum Gasteiger partial charge on any atom is -0.465 e. The van der Waals surface area contributed by atoms with Gasteiger partial charge >= 0.3 is 11.9 Å². The summed E-state index contributed by atoms with van der Waals surface area (Å²) in [5.74, 6) is -0.902. The van der Waals surface area contributed by atoms with Crippen LogP contribution in [0.15, 0.2) is 59.2 Å². The van der Waals surface area contributed by atoms with Crippen LogP contribution in [0, 0.1) is 16.2 Å². The van der Waals surface area contributed by atoms with Crippen molar-refractivity contribution in [3.63, 3.8) is 0 Å². The summed E-state index contributed by atoms with van der Waals surface area (Å²) in [5, 5.41) is 0. The third-order valence-electron chi connectivity index (χ3n) is 9.32. The number of benzene rings is 1. The van der Waals surface area contributed by atoms with E-state index in [-0.39, 0.29) is 24.0 Å². The predicted molar refractivity (Wildman–Crippen MR) is 149 cm³/mol. The molecular formula is C33H43NO4. The van der Waals surface area contributed by atoms with E-state index in [0.29, 0.717) is 12.8 Å². The number of fused-ring (bicyclic) bond motifs is 3. The lowest BCUT2D eigenvalue weighted by atomic mass is 9.71. The van der Waals surface area contributed by atoms with Gasteiger partial charge in [-0.3, -0.25) is 14.5 Å². The van der Waals surface area contributed by atoms with E-state index in [1.165, 1.54) is 33.4 Å². The lowest BCUT2D eigenvalue weighted by Crippen LogP contribution is -2.43. The topological polar surface area (TPSA) is 55.8 Å². The molecule has 1 aliphatic heterocycles. The summed E-state index contributed by atoms with van der Waals surface area (Å²) in [5.41, 5.74) is 7.11. The van der Waals surface area contributed by atoms with E-state index in [4.69, 9.17) is 9.47 Å². The van der Waals surface area contributed by atoms with E-state index in [1.54, 1.807) is 13.8 Å². The van der Waals surface area contributed by atoms with Crippen molar-refractivity contribution in [2.45, 2.75) is 79.2 Å². The van der Waals surface area contributed by atoms with Crippen LogP contribution in [0.5, 0.6) is 0 Å². The molecule has 0 spiro atoms. The number of hydrogen-bond acceptors (Lipinski definition) is 5. The molecule has 1 fully saturated rings. The molecule has 204 valence electrons. The minimum absolute atomic E-state index is 0.0691. The van der Waals surface area contributed by atoms with Gasteiger partial charge in [0.15, 0.2) is 5.41 Å². The van der Waals surface area contributed by atoms with Crippen LogP contribution in [0.25, 0.3) is 0 Å². The van der Waals surface area contributed by atoms with E-state index in [2.05, 4.69) is 55.7 Å². The predicted octanol–water partition coefficient (Wildman–Crippen LogP) is 6.33. The van der Waals surface area contributed by atoms with Crippen LogP contribution in [0.2, 0.25) is 0 Å². The molecule has 1 aromatic carbocycles. The van der Waals surface area contributed by atoms with Crippen molar-refractivity contribution in [2.24, 2.45) is 16.2 Å². The third-order valence-corrected chi connectivity index (χ3v) is 9.32. The van der Waals surface area contributed by atoms with Crippen LogP contribution in [0.3, 0.4) is 0 Å². The van der Waals surface area contributed by atoms with Crippen LogP contribution in [0.4, 0.5) is 0 Å². The van der Waals surface area contributed by atoms with Crippen molar-refractivity contribution in [1.29, 1.82) is 0 Å². The third kappa shape index (κ3) is 4.79. The maximum Gasteiger partial charge on any atom is 0.324 e. The van der Waals surface area contributed by atoms with Crippen molar-refractivity contribution in [2.75, 3.05) is 26.3 Å². The van der Waals surface area contributed by atoms with Gasteiger partial charge in [0.2, 0.25) is 0 Å². The lowest BCUT2D eigenvalue weighted by Gasteiger charge is -2.34. The first-order valence-corrected chi connectivity index (χ1v) is 14.3. The van der Waals surface area contributed by atoms with Crippen molar-refractivity contribution in [3.05, 3.63) is 70.3 Å². The Hall–Kier alpha value is -2.66.